The van der Waals surface area contributed by atoms with Crippen LogP contribution in [0.5, 0.6) is 11.5 Å². The molecule has 0 aromatic heterocycles. The number of benzene rings is 1. The summed E-state index contributed by atoms with van der Waals surface area (Å²) in [7, 11) is 1.46. The highest BCUT2D eigenvalue weighted by Crippen LogP contribution is 2.26. The predicted octanol–water partition coefficient (Wildman–Crippen LogP) is 5.57. The van der Waals surface area contributed by atoms with E-state index in [1.54, 1.807) is 12.1 Å². The Kier molecular flexibility index (Phi) is 17.2. The minimum atomic E-state index is -0.373. The van der Waals surface area contributed by atoms with E-state index in [0.29, 0.717) is 12.2 Å². The van der Waals surface area contributed by atoms with Crippen LogP contribution in [0.25, 0.3) is 0 Å². The molecule has 7 nitrogen and oxygen atoms in total. The van der Waals surface area contributed by atoms with E-state index in [1.807, 2.05) is 0 Å². The summed E-state index contributed by atoms with van der Waals surface area (Å²) in [5, 5.41) is 22.2. The highest BCUT2D eigenvalue weighted by Gasteiger charge is 2.08. The fourth-order valence-electron chi connectivity index (χ4n) is 3.66. The molecular formula is C28H45NO6. The van der Waals surface area contributed by atoms with E-state index in [0.717, 1.165) is 63.4 Å². The molecule has 1 unspecified atom stereocenters. The molecule has 0 aliphatic rings. The third-order valence-electron chi connectivity index (χ3n) is 5.82. The first-order chi connectivity index (χ1) is 17.0. The second-order valence-electron chi connectivity index (χ2n) is 8.96. The molecule has 0 bridgehead atoms. The summed E-state index contributed by atoms with van der Waals surface area (Å²) in [5.74, 6) is -0.360. The van der Waals surface area contributed by atoms with Crippen molar-refractivity contribution in [1.29, 1.82) is 0 Å². The van der Waals surface area contributed by atoms with Gasteiger partial charge in [0.15, 0.2) is 18.1 Å². The van der Waals surface area contributed by atoms with E-state index in [-0.39, 0.29) is 36.9 Å². The molecule has 1 amide bonds. The maximum Gasteiger partial charge on any atom is 0.306 e. The first-order valence-electron chi connectivity index (χ1n) is 13.1. The molecule has 0 spiro atoms. The number of carbonyl (C=O) groups excluding carboxylic acids is 2. The van der Waals surface area contributed by atoms with Gasteiger partial charge in [-0.25, -0.2) is 0 Å². The number of rotatable bonds is 20. The Bertz CT molecular complexity index is 749. The summed E-state index contributed by atoms with van der Waals surface area (Å²) in [4.78, 5) is 23.7. The number of allylic oxidation sites excluding steroid dienone is 1. The number of aliphatic hydroxyl groups excluding tert-OH is 1. The summed E-state index contributed by atoms with van der Waals surface area (Å²) in [6.07, 6.45) is 16.8. The Morgan fingerprint density at radius 1 is 1.03 bits per heavy atom. The van der Waals surface area contributed by atoms with Crippen molar-refractivity contribution < 1.29 is 29.3 Å². The Morgan fingerprint density at radius 2 is 1.77 bits per heavy atom. The second-order valence-corrected chi connectivity index (χ2v) is 8.96. The van der Waals surface area contributed by atoms with Crippen LogP contribution in [-0.4, -0.2) is 41.9 Å². The van der Waals surface area contributed by atoms with Crippen molar-refractivity contribution in [2.75, 3.05) is 13.7 Å². The molecule has 0 heterocycles. The summed E-state index contributed by atoms with van der Waals surface area (Å²) >= 11 is 0. The number of amides is 1. The van der Waals surface area contributed by atoms with Crippen LogP contribution in [0.1, 0.15) is 96.0 Å². The van der Waals surface area contributed by atoms with Crippen molar-refractivity contribution in [1.82, 2.24) is 5.32 Å². The number of hydrogen-bond donors (Lipinski definition) is 3. The van der Waals surface area contributed by atoms with Crippen molar-refractivity contribution in [3.63, 3.8) is 0 Å². The van der Waals surface area contributed by atoms with Gasteiger partial charge in [0, 0.05) is 13.0 Å². The SMILES string of the molecule is CCCCCCC(O)C/C=C/CCCCCCCC(=O)OCC(=O)NCc1ccc(O)c(OC)c1. The van der Waals surface area contributed by atoms with Gasteiger partial charge in [-0.05, 0) is 49.8 Å². The lowest BCUT2D eigenvalue weighted by molar-refractivity contribution is -0.148. The van der Waals surface area contributed by atoms with Crippen molar-refractivity contribution in [3.8, 4) is 11.5 Å². The molecule has 0 fully saturated rings. The number of ether oxygens (including phenoxy) is 2. The monoisotopic (exact) mass is 491 g/mol. The highest BCUT2D eigenvalue weighted by molar-refractivity contribution is 5.80. The molecule has 3 N–H and O–H groups in total. The van der Waals surface area contributed by atoms with E-state index in [2.05, 4.69) is 24.4 Å². The first kappa shape index (κ1) is 30.5. The topological polar surface area (TPSA) is 105 Å². The summed E-state index contributed by atoms with van der Waals surface area (Å²) < 4.78 is 10.1. The van der Waals surface area contributed by atoms with Crippen molar-refractivity contribution in [2.24, 2.45) is 0 Å². The molecule has 1 aromatic rings. The van der Waals surface area contributed by atoms with Gasteiger partial charge in [0.25, 0.3) is 5.91 Å². The molecule has 1 rings (SSSR count). The number of hydrogen-bond acceptors (Lipinski definition) is 6. The zero-order chi connectivity index (χ0) is 25.7. The molecule has 198 valence electrons. The van der Waals surface area contributed by atoms with Crippen molar-refractivity contribution >= 4 is 11.9 Å². The molecule has 0 radical (unpaired) electrons. The van der Waals surface area contributed by atoms with Crippen LogP contribution in [0, 0.1) is 0 Å². The van der Waals surface area contributed by atoms with Gasteiger partial charge in [0.1, 0.15) is 0 Å². The van der Waals surface area contributed by atoms with Crippen LogP contribution in [-0.2, 0) is 20.9 Å². The fraction of sp³-hybridized carbons (Fsp3) is 0.643. The van der Waals surface area contributed by atoms with Gasteiger partial charge in [-0.1, -0.05) is 70.1 Å². The summed E-state index contributed by atoms with van der Waals surface area (Å²) in [6, 6.07) is 4.82. The Morgan fingerprint density at radius 3 is 2.54 bits per heavy atom. The molecule has 0 aliphatic heterocycles. The molecule has 35 heavy (non-hydrogen) atoms. The van der Waals surface area contributed by atoms with E-state index in [9.17, 15) is 19.8 Å². The average molecular weight is 492 g/mol. The first-order valence-corrected chi connectivity index (χ1v) is 13.1. The van der Waals surface area contributed by atoms with E-state index < -0.39 is 0 Å². The third-order valence-corrected chi connectivity index (χ3v) is 5.82. The normalized spacial score (nSPS) is 12.0. The number of methoxy groups -OCH3 is 1. The average Bonchev–Trinajstić information content (AvgIpc) is 2.85. The molecule has 0 saturated carbocycles. The number of unbranched alkanes of at least 4 members (excludes halogenated alkanes) is 8. The van der Waals surface area contributed by atoms with Gasteiger partial charge in [-0.3, -0.25) is 9.59 Å². The molecule has 1 atom stereocenters. The lowest BCUT2D eigenvalue weighted by atomic mass is 10.1. The van der Waals surface area contributed by atoms with Gasteiger partial charge >= 0.3 is 5.97 Å². The van der Waals surface area contributed by atoms with Gasteiger partial charge in [-0.2, -0.15) is 0 Å². The molecule has 0 aliphatic carbocycles. The zero-order valence-corrected chi connectivity index (χ0v) is 21.6. The van der Waals surface area contributed by atoms with E-state index in [1.165, 1.54) is 32.4 Å². The highest BCUT2D eigenvalue weighted by atomic mass is 16.5. The number of phenolic OH excluding ortho intramolecular Hbond substituents is 1. The van der Waals surface area contributed by atoms with E-state index in [4.69, 9.17) is 9.47 Å². The van der Waals surface area contributed by atoms with Crippen LogP contribution in [0.4, 0.5) is 0 Å². The fourth-order valence-corrected chi connectivity index (χ4v) is 3.66. The lowest BCUT2D eigenvalue weighted by Gasteiger charge is -2.09. The molecule has 7 heteroatoms. The predicted molar refractivity (Wildman–Crippen MR) is 138 cm³/mol. The van der Waals surface area contributed by atoms with Gasteiger partial charge in [-0.15, -0.1) is 0 Å². The van der Waals surface area contributed by atoms with Crippen molar-refractivity contribution in [3.05, 3.63) is 35.9 Å². The van der Waals surface area contributed by atoms with Crippen molar-refractivity contribution in [2.45, 2.75) is 103 Å². The Hall–Kier alpha value is -2.54. The maximum atomic E-state index is 11.9. The maximum absolute atomic E-state index is 11.9. The van der Waals surface area contributed by atoms with Crippen LogP contribution in [0.3, 0.4) is 0 Å². The summed E-state index contributed by atoms with van der Waals surface area (Å²) in [5.41, 5.74) is 0.769. The van der Waals surface area contributed by atoms with Crippen LogP contribution < -0.4 is 10.1 Å². The minimum Gasteiger partial charge on any atom is -0.504 e. The van der Waals surface area contributed by atoms with Gasteiger partial charge in [0.05, 0.1) is 13.2 Å². The van der Waals surface area contributed by atoms with Crippen LogP contribution in [0.2, 0.25) is 0 Å². The Balaban J connectivity index is 1.98. The molecule has 0 saturated heterocycles. The minimum absolute atomic E-state index is 0.0351. The number of carbonyl (C=O) groups is 2. The number of phenols is 1. The summed E-state index contributed by atoms with van der Waals surface area (Å²) in [6.45, 7) is 2.15. The van der Waals surface area contributed by atoms with Crippen LogP contribution >= 0.6 is 0 Å². The third kappa shape index (κ3) is 15.9. The van der Waals surface area contributed by atoms with Gasteiger partial charge in [0.2, 0.25) is 0 Å². The number of nitrogens with one attached hydrogen (secondary N) is 1. The lowest BCUT2D eigenvalue weighted by Crippen LogP contribution is -2.28. The molecule has 1 aromatic carbocycles. The van der Waals surface area contributed by atoms with E-state index >= 15 is 0 Å². The largest absolute Gasteiger partial charge is 0.504 e. The number of esters is 1. The number of aliphatic hydroxyl groups is 1. The standard InChI is InChI=1S/C28H45NO6/c1-3-4-5-12-15-24(30)16-13-10-8-6-7-9-11-14-17-28(33)35-22-27(32)29-21-23-18-19-25(31)26(20-23)34-2/h10,13,18-20,24,30-31H,3-9,11-12,14-17,21-22H2,1-2H3,(H,29,32)/b13-10+. The zero-order valence-electron chi connectivity index (χ0n) is 21.6. The smallest absolute Gasteiger partial charge is 0.306 e. The van der Waals surface area contributed by atoms with Gasteiger partial charge < -0.3 is 25.0 Å². The molecular weight excluding hydrogens is 446 g/mol. The quantitative estimate of drug-likeness (QED) is 0.125. The number of aromatic hydroxyl groups is 1. The second kappa shape index (κ2) is 19.7. The Labute approximate surface area is 210 Å². The van der Waals surface area contributed by atoms with Crippen LogP contribution in [0.15, 0.2) is 30.4 Å².